The Kier molecular flexibility index (Phi) is 11.0. The summed E-state index contributed by atoms with van der Waals surface area (Å²) in [5, 5.41) is 2.72. The van der Waals surface area contributed by atoms with E-state index in [2.05, 4.69) is 24.9 Å². The van der Waals surface area contributed by atoms with Crippen molar-refractivity contribution >= 4 is 64.1 Å². The van der Waals surface area contributed by atoms with Gasteiger partial charge in [0.1, 0.15) is 6.04 Å². The van der Waals surface area contributed by atoms with E-state index < -0.39 is 29.7 Å². The third-order valence-corrected chi connectivity index (χ3v) is 14.2. The summed E-state index contributed by atoms with van der Waals surface area (Å²) in [6.45, 7) is 16.0. The van der Waals surface area contributed by atoms with E-state index in [0.29, 0.717) is 59.5 Å². The van der Waals surface area contributed by atoms with E-state index >= 15 is 0 Å². The second kappa shape index (κ2) is 16.6. The number of likely N-dealkylation sites (tertiary alicyclic amines) is 1. The fourth-order valence-corrected chi connectivity index (χ4v) is 10.4. The number of carbonyl (C=O) groups is 6. The molecule has 5 saturated heterocycles. The van der Waals surface area contributed by atoms with Gasteiger partial charge in [-0.05, 0) is 104 Å². The van der Waals surface area contributed by atoms with Gasteiger partial charge in [0.25, 0.3) is 23.6 Å². The third kappa shape index (κ3) is 7.97. The topological polar surface area (TPSA) is 138 Å². The summed E-state index contributed by atoms with van der Waals surface area (Å²) >= 11 is 6.32. The quantitative estimate of drug-likeness (QED) is 0.255. The number of amides is 6. The molecule has 0 saturated carbocycles. The van der Waals surface area contributed by atoms with E-state index in [1.54, 1.807) is 42.5 Å². The lowest BCUT2D eigenvalue weighted by Gasteiger charge is -2.39. The van der Waals surface area contributed by atoms with Crippen LogP contribution in [-0.2, 0) is 9.59 Å². The summed E-state index contributed by atoms with van der Waals surface area (Å²) in [4.78, 5) is 92.9. The lowest BCUT2D eigenvalue weighted by Crippen LogP contribution is -2.54. The summed E-state index contributed by atoms with van der Waals surface area (Å²) in [5.74, 6) is -1.53. The van der Waals surface area contributed by atoms with E-state index in [1.165, 1.54) is 0 Å². The molecule has 6 amide bonds. The number of nitrogens with one attached hydrogen (secondary N) is 1. The molecule has 6 heterocycles. The van der Waals surface area contributed by atoms with Crippen LogP contribution in [0.1, 0.15) is 86.4 Å². The third-order valence-electron chi connectivity index (χ3n) is 13.9. The summed E-state index contributed by atoms with van der Waals surface area (Å²) < 4.78 is 0. The number of anilines is 2. The van der Waals surface area contributed by atoms with E-state index in [4.69, 9.17) is 18.2 Å². The number of fused-ring (bicyclic) bond motifs is 1. The van der Waals surface area contributed by atoms with Crippen molar-refractivity contribution in [1.29, 1.82) is 0 Å². The molecule has 61 heavy (non-hydrogen) atoms. The van der Waals surface area contributed by atoms with Crippen LogP contribution in [0.5, 0.6) is 0 Å². The number of hydrogen-bond acceptors (Lipinski definition) is 9. The van der Waals surface area contributed by atoms with E-state index in [1.807, 2.05) is 28.0 Å². The molecule has 15 heteroatoms. The molecule has 1 spiro atoms. The van der Waals surface area contributed by atoms with Crippen molar-refractivity contribution < 1.29 is 28.8 Å². The molecule has 9 rings (SSSR count). The highest BCUT2D eigenvalue weighted by Crippen LogP contribution is 2.43. The standard InChI is InChI=1S/C46H49ClN8O6/c1-48-38-9-7-34(27-37(38)47)54-21-16-46(29-54)14-19-52(20-15-46)42(58)31-2-4-32(5-3-31)43(59)53-24-22-50(23-25-53)28-30-12-17-51(18-13-30)33-6-8-35-36(26-33)45(61)55(44(35)60)39-10-11-40(56)49-41(39)57/h2-9,26-27,30,39H,10-25,28-29H2,(H,49,56,57). The van der Waals surface area contributed by atoms with Crippen LogP contribution in [-0.4, -0.2) is 133 Å². The number of nitrogens with zero attached hydrogens (tertiary/aromatic N) is 7. The Labute approximate surface area is 360 Å². The van der Waals surface area contributed by atoms with Crippen molar-refractivity contribution in [2.45, 2.75) is 51.0 Å². The maximum absolute atomic E-state index is 13.5. The van der Waals surface area contributed by atoms with Crippen molar-refractivity contribution in [3.05, 3.63) is 99.4 Å². The van der Waals surface area contributed by atoms with Gasteiger partial charge in [0, 0.05) is 106 Å². The Hall–Kier alpha value is -5.78. The second-order valence-electron chi connectivity index (χ2n) is 17.5. The van der Waals surface area contributed by atoms with Gasteiger partial charge >= 0.3 is 0 Å². The molecule has 5 fully saturated rings. The Balaban J connectivity index is 0.709. The molecule has 0 aliphatic carbocycles. The number of hydrogen-bond donors (Lipinski definition) is 1. The Morgan fingerprint density at radius 3 is 1.95 bits per heavy atom. The van der Waals surface area contributed by atoms with Crippen LogP contribution in [0.15, 0.2) is 60.7 Å². The fourth-order valence-electron chi connectivity index (χ4n) is 10.2. The molecule has 0 bridgehead atoms. The average Bonchev–Trinajstić information content (AvgIpc) is 3.80. The minimum absolute atomic E-state index is 0.00176. The minimum Gasteiger partial charge on any atom is -0.371 e. The van der Waals surface area contributed by atoms with Crippen LogP contribution in [0.2, 0.25) is 5.02 Å². The minimum atomic E-state index is -0.983. The van der Waals surface area contributed by atoms with Crippen molar-refractivity contribution in [1.82, 2.24) is 24.9 Å². The first-order valence-electron chi connectivity index (χ1n) is 21.4. The highest BCUT2D eigenvalue weighted by Gasteiger charge is 2.45. The molecule has 14 nitrogen and oxygen atoms in total. The summed E-state index contributed by atoms with van der Waals surface area (Å²) in [7, 11) is 0. The maximum Gasteiger partial charge on any atom is 0.262 e. The number of piperazine rings is 1. The van der Waals surface area contributed by atoms with Crippen LogP contribution >= 0.6 is 11.6 Å². The van der Waals surface area contributed by atoms with Crippen molar-refractivity contribution in [3.63, 3.8) is 0 Å². The van der Waals surface area contributed by atoms with Crippen LogP contribution in [0.25, 0.3) is 4.85 Å². The summed E-state index contributed by atoms with van der Waals surface area (Å²) in [6.07, 6.45) is 5.09. The van der Waals surface area contributed by atoms with E-state index in [9.17, 15) is 28.8 Å². The molecule has 316 valence electrons. The number of rotatable bonds is 7. The zero-order valence-corrected chi connectivity index (χ0v) is 34.9. The number of piperidine rings is 3. The molecule has 1 N–H and O–H groups in total. The van der Waals surface area contributed by atoms with Crippen LogP contribution < -0.4 is 15.1 Å². The first-order chi connectivity index (χ1) is 29.5. The SMILES string of the molecule is [C-]#[N+]c1ccc(N2CCC3(CCN(C(=O)c4ccc(C(=O)N5CCN(CC6CCN(c7ccc8c(c7)C(=O)N(C7CCC(=O)NC7=O)C8=O)CC6)CC5)cc4)CC3)C2)cc1Cl. The normalized spacial score (nSPS) is 22.2. The predicted molar refractivity (Wildman–Crippen MR) is 229 cm³/mol. The van der Waals surface area contributed by atoms with Gasteiger partial charge in [-0.1, -0.05) is 17.7 Å². The van der Waals surface area contributed by atoms with E-state index in [-0.39, 0.29) is 35.6 Å². The molecule has 0 radical (unpaired) electrons. The zero-order chi connectivity index (χ0) is 42.4. The highest BCUT2D eigenvalue weighted by atomic mass is 35.5. The summed E-state index contributed by atoms with van der Waals surface area (Å²) in [5.41, 5.74) is 4.30. The molecule has 1 unspecified atom stereocenters. The van der Waals surface area contributed by atoms with Crippen molar-refractivity contribution in [2.75, 3.05) is 81.8 Å². The monoisotopic (exact) mass is 844 g/mol. The molecule has 0 aromatic heterocycles. The maximum atomic E-state index is 13.5. The van der Waals surface area contributed by atoms with Crippen LogP contribution in [0.3, 0.4) is 0 Å². The number of benzene rings is 3. The van der Waals surface area contributed by atoms with Gasteiger partial charge in [-0.3, -0.25) is 43.9 Å². The molecule has 1 atom stereocenters. The average molecular weight is 845 g/mol. The van der Waals surface area contributed by atoms with Gasteiger partial charge in [0.15, 0.2) is 0 Å². The largest absolute Gasteiger partial charge is 0.371 e. The zero-order valence-electron chi connectivity index (χ0n) is 34.1. The van der Waals surface area contributed by atoms with Crippen molar-refractivity contribution in [3.8, 4) is 0 Å². The Morgan fingerprint density at radius 1 is 0.705 bits per heavy atom. The molecule has 6 aliphatic rings. The molecular formula is C46H49ClN8O6. The molecule has 3 aromatic carbocycles. The van der Waals surface area contributed by atoms with Gasteiger partial charge in [0.05, 0.1) is 17.7 Å². The van der Waals surface area contributed by atoms with Crippen LogP contribution in [0, 0.1) is 17.9 Å². The molecule has 3 aromatic rings. The van der Waals surface area contributed by atoms with Gasteiger partial charge < -0.3 is 19.6 Å². The number of halogens is 1. The van der Waals surface area contributed by atoms with E-state index in [0.717, 1.165) is 94.2 Å². The van der Waals surface area contributed by atoms with Crippen molar-refractivity contribution in [2.24, 2.45) is 11.3 Å². The Morgan fingerprint density at radius 2 is 1.31 bits per heavy atom. The first kappa shape index (κ1) is 40.6. The number of imide groups is 2. The van der Waals surface area contributed by atoms with Gasteiger partial charge in [-0.15, -0.1) is 0 Å². The Bertz CT molecular complexity index is 2320. The summed E-state index contributed by atoms with van der Waals surface area (Å²) in [6, 6.07) is 17.1. The highest BCUT2D eigenvalue weighted by molar-refractivity contribution is 6.33. The second-order valence-corrected chi connectivity index (χ2v) is 17.9. The van der Waals surface area contributed by atoms with Gasteiger partial charge in [-0.2, -0.15) is 0 Å². The lowest BCUT2D eigenvalue weighted by molar-refractivity contribution is -0.136. The lowest BCUT2D eigenvalue weighted by atomic mass is 9.77. The predicted octanol–water partition coefficient (Wildman–Crippen LogP) is 5.10. The number of carbonyl (C=O) groups excluding carboxylic acids is 6. The molecule has 6 aliphatic heterocycles. The van der Waals surface area contributed by atoms with Crippen LogP contribution in [0.4, 0.5) is 17.1 Å². The molecular weight excluding hydrogens is 796 g/mol. The van der Waals surface area contributed by atoms with Gasteiger partial charge in [-0.25, -0.2) is 4.85 Å². The van der Waals surface area contributed by atoms with Gasteiger partial charge in [0.2, 0.25) is 17.5 Å². The smallest absolute Gasteiger partial charge is 0.262 e. The fraction of sp³-hybridized carbons (Fsp3) is 0.457. The first-order valence-corrected chi connectivity index (χ1v) is 21.8.